The number of carbonyl (C=O) groups excluding carboxylic acids is 1. The summed E-state index contributed by atoms with van der Waals surface area (Å²) < 4.78 is 44.6. The van der Waals surface area contributed by atoms with E-state index >= 15 is 0 Å². The van der Waals surface area contributed by atoms with Crippen molar-refractivity contribution >= 4 is 12.0 Å². The number of likely N-dealkylation sites (tertiary alicyclic amines) is 1. The van der Waals surface area contributed by atoms with E-state index < -0.39 is 43.1 Å². The van der Waals surface area contributed by atoms with Gasteiger partial charge in [-0.25, -0.2) is 4.79 Å². The molecule has 2 aliphatic rings. The lowest BCUT2D eigenvalue weighted by Crippen LogP contribution is -2.65. The lowest BCUT2D eigenvalue weighted by molar-refractivity contribution is -0.187. The van der Waals surface area contributed by atoms with E-state index in [1.807, 2.05) is 13.8 Å². The quantitative estimate of drug-likeness (QED) is 0.784. The van der Waals surface area contributed by atoms with Gasteiger partial charge in [-0.1, -0.05) is 13.8 Å². The third kappa shape index (κ3) is 3.43. The Balaban J connectivity index is 2.06. The average molecular weight is 366 g/mol. The van der Waals surface area contributed by atoms with Gasteiger partial charge in [0.25, 0.3) is 0 Å². The molecule has 0 aromatic carbocycles. The van der Waals surface area contributed by atoms with E-state index in [0.29, 0.717) is 6.42 Å². The van der Waals surface area contributed by atoms with Crippen LogP contribution < -0.4 is 5.32 Å². The van der Waals surface area contributed by atoms with Crippen LogP contribution in [0.2, 0.25) is 0 Å². The predicted molar refractivity (Wildman–Crippen MR) is 83.0 cm³/mol. The van der Waals surface area contributed by atoms with Crippen LogP contribution in [0.15, 0.2) is 0 Å². The number of amides is 2. The van der Waals surface area contributed by atoms with Gasteiger partial charge in [-0.15, -0.1) is 0 Å². The highest BCUT2D eigenvalue weighted by Gasteiger charge is 2.56. The average Bonchev–Trinajstić information content (AvgIpc) is 2.98. The molecule has 2 rings (SSSR count). The number of carboxylic acids is 1. The zero-order valence-corrected chi connectivity index (χ0v) is 14.6. The normalized spacial score (nSPS) is 31.5. The summed E-state index contributed by atoms with van der Waals surface area (Å²) in [5.41, 5.74) is -0.236. The van der Waals surface area contributed by atoms with Crippen molar-refractivity contribution in [2.75, 3.05) is 20.2 Å². The van der Waals surface area contributed by atoms with Crippen LogP contribution in [0, 0.1) is 17.3 Å². The van der Waals surface area contributed by atoms with Gasteiger partial charge in [-0.05, 0) is 19.3 Å². The van der Waals surface area contributed by atoms with Gasteiger partial charge in [0.1, 0.15) is 0 Å². The molecule has 2 N–H and O–H groups in total. The molecule has 2 unspecified atom stereocenters. The number of ether oxygens (including phenoxy) is 1. The Bertz CT molecular complexity index is 522. The molecule has 144 valence electrons. The second-order valence-corrected chi connectivity index (χ2v) is 6.90. The molecule has 0 spiro atoms. The van der Waals surface area contributed by atoms with Gasteiger partial charge in [0.15, 0.2) is 0 Å². The molecule has 2 amide bonds. The molecule has 0 radical (unpaired) electrons. The number of rotatable bonds is 5. The second kappa shape index (κ2) is 7.01. The van der Waals surface area contributed by atoms with Crippen molar-refractivity contribution in [3.63, 3.8) is 0 Å². The van der Waals surface area contributed by atoms with E-state index in [2.05, 4.69) is 5.32 Å². The van der Waals surface area contributed by atoms with Crippen molar-refractivity contribution in [3.05, 3.63) is 0 Å². The number of hydrogen-bond acceptors (Lipinski definition) is 3. The van der Waals surface area contributed by atoms with Gasteiger partial charge >= 0.3 is 18.2 Å². The van der Waals surface area contributed by atoms with E-state index in [9.17, 15) is 22.8 Å². The number of alkyl halides is 3. The highest BCUT2D eigenvalue weighted by Crippen LogP contribution is 2.48. The van der Waals surface area contributed by atoms with Gasteiger partial charge in [0.05, 0.1) is 17.9 Å². The first-order valence-electron chi connectivity index (χ1n) is 8.48. The smallest absolute Gasteiger partial charge is 0.394 e. The van der Waals surface area contributed by atoms with Crippen LogP contribution in [0.3, 0.4) is 0 Å². The van der Waals surface area contributed by atoms with E-state index in [0.717, 1.165) is 17.7 Å². The van der Waals surface area contributed by atoms with Gasteiger partial charge in [-0.3, -0.25) is 4.79 Å². The number of halogens is 3. The van der Waals surface area contributed by atoms with E-state index in [1.54, 1.807) is 7.11 Å². The molecule has 4 atom stereocenters. The summed E-state index contributed by atoms with van der Waals surface area (Å²) in [6, 6.07) is -0.822. The minimum atomic E-state index is -4.65. The third-order valence-corrected chi connectivity index (χ3v) is 6.03. The summed E-state index contributed by atoms with van der Waals surface area (Å²) in [5.74, 6) is -5.19. The van der Waals surface area contributed by atoms with Crippen molar-refractivity contribution in [3.8, 4) is 0 Å². The first kappa shape index (κ1) is 19.8. The number of carbonyl (C=O) groups is 2. The van der Waals surface area contributed by atoms with E-state index in [1.165, 1.54) is 0 Å². The highest BCUT2D eigenvalue weighted by atomic mass is 19.4. The Morgan fingerprint density at radius 3 is 2.28 bits per heavy atom. The number of carboxylic acid groups (broad SMARTS) is 1. The Morgan fingerprint density at radius 2 is 1.88 bits per heavy atom. The molecular weight excluding hydrogens is 341 g/mol. The molecule has 0 aromatic heterocycles. The fraction of sp³-hybridized carbons (Fsp3) is 0.875. The maximum Gasteiger partial charge on any atom is 0.394 e. The molecule has 2 fully saturated rings. The molecule has 0 bridgehead atoms. The first-order chi connectivity index (χ1) is 11.6. The molecule has 0 aromatic rings. The Kier molecular flexibility index (Phi) is 5.56. The fourth-order valence-electron chi connectivity index (χ4n) is 4.27. The highest BCUT2D eigenvalue weighted by molar-refractivity contribution is 5.78. The van der Waals surface area contributed by atoms with Crippen molar-refractivity contribution in [1.29, 1.82) is 0 Å². The zero-order valence-electron chi connectivity index (χ0n) is 14.6. The fourth-order valence-corrected chi connectivity index (χ4v) is 4.27. The first-order valence-corrected chi connectivity index (χ1v) is 8.48. The maximum absolute atomic E-state index is 13.0. The number of aliphatic carboxylic acids is 1. The largest absolute Gasteiger partial charge is 0.481 e. The van der Waals surface area contributed by atoms with Crippen LogP contribution in [-0.4, -0.2) is 60.5 Å². The standard InChI is InChI=1S/C16H25F3N2O4/c1-4-15(5-2)11(6-12(15)25-3)20-14(24)21-7-9(13(22)23)10(8-21)16(17,18)19/h9-12H,4-8H2,1-3H3,(H,20,24)(H,22,23)/t9-,10-,11?,12?/m1/s1. The topological polar surface area (TPSA) is 78.9 Å². The zero-order chi connectivity index (χ0) is 19.0. The summed E-state index contributed by atoms with van der Waals surface area (Å²) >= 11 is 0. The minimum Gasteiger partial charge on any atom is -0.481 e. The predicted octanol–water partition coefficient (Wildman–Crippen LogP) is 2.48. The molecule has 6 nitrogen and oxygen atoms in total. The molecule has 1 aliphatic heterocycles. The maximum atomic E-state index is 13.0. The van der Waals surface area contributed by atoms with Crippen LogP contribution in [0.5, 0.6) is 0 Å². The Hall–Kier alpha value is -1.51. The van der Waals surface area contributed by atoms with Gasteiger partial charge in [0.2, 0.25) is 0 Å². The van der Waals surface area contributed by atoms with Crippen molar-refractivity contribution < 1.29 is 32.6 Å². The number of methoxy groups -OCH3 is 1. The van der Waals surface area contributed by atoms with E-state index in [4.69, 9.17) is 9.84 Å². The Labute approximate surface area is 144 Å². The summed E-state index contributed by atoms with van der Waals surface area (Å²) in [6.07, 6.45) is -2.50. The number of nitrogens with one attached hydrogen (secondary N) is 1. The molecule has 1 heterocycles. The van der Waals surface area contributed by atoms with Crippen LogP contribution in [0.1, 0.15) is 33.1 Å². The van der Waals surface area contributed by atoms with Crippen molar-refractivity contribution in [2.24, 2.45) is 17.3 Å². The molecular formula is C16H25F3N2O4. The summed E-state index contributed by atoms with van der Waals surface area (Å²) in [5, 5.41) is 11.8. The van der Waals surface area contributed by atoms with Crippen molar-refractivity contribution in [1.82, 2.24) is 10.2 Å². The van der Waals surface area contributed by atoms with Crippen molar-refractivity contribution in [2.45, 2.75) is 51.4 Å². The van der Waals surface area contributed by atoms with Crippen LogP contribution in [-0.2, 0) is 9.53 Å². The third-order valence-electron chi connectivity index (χ3n) is 6.03. The summed E-state index contributed by atoms with van der Waals surface area (Å²) in [6.45, 7) is 2.92. The molecule has 1 saturated heterocycles. The van der Waals surface area contributed by atoms with Crippen LogP contribution in [0.4, 0.5) is 18.0 Å². The molecule has 1 aliphatic carbocycles. The SMILES string of the molecule is CCC1(CC)C(NC(=O)N2C[C@@H](C(F)(F)F)[C@H](C(=O)O)C2)CC1OC. The van der Waals surface area contributed by atoms with Gasteiger partial charge in [0, 0.05) is 31.7 Å². The molecule has 1 saturated carbocycles. The molecule has 9 heteroatoms. The summed E-state index contributed by atoms with van der Waals surface area (Å²) in [4.78, 5) is 24.5. The monoisotopic (exact) mass is 366 g/mol. The lowest BCUT2D eigenvalue weighted by Gasteiger charge is -2.55. The number of nitrogens with zero attached hydrogens (tertiary/aromatic N) is 1. The van der Waals surface area contributed by atoms with Gasteiger partial charge in [-0.2, -0.15) is 13.2 Å². The lowest BCUT2D eigenvalue weighted by atomic mass is 9.58. The summed E-state index contributed by atoms with van der Waals surface area (Å²) in [7, 11) is 1.61. The molecule has 25 heavy (non-hydrogen) atoms. The van der Waals surface area contributed by atoms with E-state index in [-0.39, 0.29) is 17.6 Å². The Morgan fingerprint density at radius 1 is 1.28 bits per heavy atom. The number of urea groups is 1. The van der Waals surface area contributed by atoms with Crippen LogP contribution >= 0.6 is 0 Å². The second-order valence-electron chi connectivity index (χ2n) is 6.90. The number of hydrogen-bond donors (Lipinski definition) is 2. The van der Waals surface area contributed by atoms with Gasteiger partial charge < -0.3 is 20.1 Å². The van der Waals surface area contributed by atoms with Crippen LogP contribution in [0.25, 0.3) is 0 Å². The minimum absolute atomic E-state index is 0.000990.